The molecule has 0 aliphatic rings. The van der Waals surface area contributed by atoms with Crippen molar-refractivity contribution >= 4 is 5.97 Å². The van der Waals surface area contributed by atoms with Gasteiger partial charge in [0.25, 0.3) is 0 Å². The highest BCUT2D eigenvalue weighted by molar-refractivity contribution is 5.86. The smallest absolute Gasteiger partial charge is 0.333 e. The zero-order chi connectivity index (χ0) is 13.7. The molecule has 0 fully saturated rings. The first-order chi connectivity index (χ1) is 8.43. The Morgan fingerprint density at radius 3 is 2.56 bits per heavy atom. The Kier molecular flexibility index (Phi) is 5.10. The van der Waals surface area contributed by atoms with E-state index in [0.717, 1.165) is 5.56 Å². The van der Waals surface area contributed by atoms with Gasteiger partial charge in [0, 0.05) is 11.6 Å². The molecule has 1 atom stereocenters. The lowest BCUT2D eigenvalue weighted by molar-refractivity contribution is -0.140. The number of hydrogen-bond acceptors (Lipinski definition) is 3. The van der Waals surface area contributed by atoms with Crippen molar-refractivity contribution < 1.29 is 9.53 Å². The Hall–Kier alpha value is -1.61. The third kappa shape index (κ3) is 3.70. The summed E-state index contributed by atoms with van der Waals surface area (Å²) in [6.07, 6.45) is 0. The Labute approximate surface area is 109 Å². The second kappa shape index (κ2) is 6.36. The van der Waals surface area contributed by atoms with Crippen LogP contribution in [0.15, 0.2) is 36.4 Å². The largest absolute Gasteiger partial charge is 0.457 e. The topological polar surface area (TPSA) is 29.5 Å². The molecule has 98 valence electrons. The number of hydrogen-bond donors (Lipinski definition) is 0. The molecule has 0 bridgehead atoms. The molecule has 0 saturated heterocycles. The van der Waals surface area contributed by atoms with Gasteiger partial charge in [0.1, 0.15) is 6.61 Å². The minimum atomic E-state index is -0.345. The number of carbonyl (C=O) groups is 1. The van der Waals surface area contributed by atoms with E-state index in [4.69, 9.17) is 4.74 Å². The van der Waals surface area contributed by atoms with E-state index in [2.05, 4.69) is 24.5 Å². The van der Waals surface area contributed by atoms with Crippen LogP contribution in [0.4, 0.5) is 0 Å². The summed E-state index contributed by atoms with van der Waals surface area (Å²) in [4.78, 5) is 13.5. The number of ether oxygens (including phenoxy) is 1. The van der Waals surface area contributed by atoms with E-state index < -0.39 is 0 Å². The van der Waals surface area contributed by atoms with Gasteiger partial charge in [0.05, 0.1) is 0 Å². The molecule has 1 unspecified atom stereocenters. The first kappa shape index (κ1) is 14.5. The quantitative estimate of drug-likeness (QED) is 0.592. The maximum atomic E-state index is 11.4. The van der Waals surface area contributed by atoms with Crippen molar-refractivity contribution in [3.63, 3.8) is 0 Å². The van der Waals surface area contributed by atoms with Gasteiger partial charge in [-0.15, -0.1) is 0 Å². The summed E-state index contributed by atoms with van der Waals surface area (Å²) in [6, 6.07) is 8.29. The predicted molar refractivity (Wildman–Crippen MR) is 73.2 cm³/mol. The second-order valence-electron chi connectivity index (χ2n) is 4.69. The van der Waals surface area contributed by atoms with E-state index in [9.17, 15) is 4.79 Å². The fourth-order valence-corrected chi connectivity index (χ4v) is 1.62. The summed E-state index contributed by atoms with van der Waals surface area (Å²) in [5, 5.41) is 0. The van der Waals surface area contributed by atoms with Crippen molar-refractivity contribution in [3.8, 4) is 0 Å². The first-order valence-corrected chi connectivity index (χ1v) is 6.00. The van der Waals surface area contributed by atoms with Crippen molar-refractivity contribution in [2.24, 2.45) is 0 Å². The van der Waals surface area contributed by atoms with Crippen LogP contribution in [0.25, 0.3) is 0 Å². The number of carbonyl (C=O) groups excluding carboxylic acids is 1. The fraction of sp³-hybridized carbons (Fsp3) is 0.400. The molecule has 0 saturated carbocycles. The van der Waals surface area contributed by atoms with Crippen LogP contribution in [0, 0.1) is 0 Å². The molecule has 0 heterocycles. The zero-order valence-corrected chi connectivity index (χ0v) is 11.6. The highest BCUT2D eigenvalue weighted by atomic mass is 16.5. The average Bonchev–Trinajstić information content (AvgIpc) is 2.35. The number of esters is 1. The Balaban J connectivity index is 2.83. The lowest BCUT2D eigenvalue weighted by Crippen LogP contribution is -2.18. The van der Waals surface area contributed by atoms with E-state index in [0.29, 0.717) is 12.2 Å². The third-order valence-corrected chi connectivity index (χ3v) is 2.99. The molecule has 0 spiro atoms. The molecular formula is C15H21NO2. The highest BCUT2D eigenvalue weighted by Crippen LogP contribution is 2.22. The van der Waals surface area contributed by atoms with Gasteiger partial charge in [-0.3, -0.25) is 0 Å². The molecular weight excluding hydrogens is 226 g/mol. The van der Waals surface area contributed by atoms with Gasteiger partial charge in [0.15, 0.2) is 0 Å². The van der Waals surface area contributed by atoms with Gasteiger partial charge in [-0.25, -0.2) is 4.79 Å². The van der Waals surface area contributed by atoms with E-state index in [1.54, 1.807) is 6.92 Å². The molecule has 18 heavy (non-hydrogen) atoms. The van der Waals surface area contributed by atoms with Gasteiger partial charge in [-0.1, -0.05) is 30.8 Å². The maximum Gasteiger partial charge on any atom is 0.333 e. The van der Waals surface area contributed by atoms with E-state index in [1.165, 1.54) is 5.56 Å². The monoisotopic (exact) mass is 247 g/mol. The lowest BCUT2D eigenvalue weighted by Gasteiger charge is -2.22. The third-order valence-electron chi connectivity index (χ3n) is 2.99. The lowest BCUT2D eigenvalue weighted by atomic mass is 10.0. The Morgan fingerprint density at radius 1 is 1.39 bits per heavy atom. The minimum absolute atomic E-state index is 0.282. The molecule has 1 aromatic rings. The minimum Gasteiger partial charge on any atom is -0.457 e. The summed E-state index contributed by atoms with van der Waals surface area (Å²) >= 11 is 0. The second-order valence-corrected chi connectivity index (χ2v) is 4.69. The van der Waals surface area contributed by atoms with Crippen LogP contribution >= 0.6 is 0 Å². The fourth-order valence-electron chi connectivity index (χ4n) is 1.62. The number of nitrogens with zero attached hydrogens (tertiary/aromatic N) is 1. The normalized spacial score (nSPS) is 12.3. The molecule has 1 rings (SSSR count). The molecule has 0 aliphatic carbocycles. The first-order valence-electron chi connectivity index (χ1n) is 6.00. The van der Waals surface area contributed by atoms with Gasteiger partial charge < -0.3 is 9.64 Å². The highest BCUT2D eigenvalue weighted by Gasteiger charge is 2.13. The Morgan fingerprint density at radius 2 is 2.00 bits per heavy atom. The maximum absolute atomic E-state index is 11.4. The van der Waals surface area contributed by atoms with Crippen molar-refractivity contribution in [2.45, 2.75) is 26.5 Å². The molecule has 0 aliphatic heterocycles. The van der Waals surface area contributed by atoms with Crippen molar-refractivity contribution in [2.75, 3.05) is 14.1 Å². The van der Waals surface area contributed by atoms with Gasteiger partial charge in [0.2, 0.25) is 0 Å². The summed E-state index contributed by atoms with van der Waals surface area (Å²) in [5.41, 5.74) is 2.64. The van der Waals surface area contributed by atoms with Crippen LogP contribution in [0.5, 0.6) is 0 Å². The van der Waals surface area contributed by atoms with E-state index in [-0.39, 0.29) is 12.0 Å². The van der Waals surface area contributed by atoms with Gasteiger partial charge in [-0.2, -0.15) is 0 Å². The summed E-state index contributed by atoms with van der Waals surface area (Å²) < 4.78 is 5.20. The average molecular weight is 247 g/mol. The SMILES string of the molecule is C=C(C)C(=O)OCc1ccccc1C(C)N(C)C. The molecule has 0 amide bonds. The van der Waals surface area contributed by atoms with Crippen LogP contribution in [-0.2, 0) is 16.1 Å². The van der Waals surface area contributed by atoms with Crippen LogP contribution in [0.2, 0.25) is 0 Å². The standard InChI is InChI=1S/C15H21NO2/c1-11(2)15(17)18-10-13-8-6-7-9-14(13)12(3)16(4)5/h6-9,12H,1,10H2,2-5H3. The molecule has 3 nitrogen and oxygen atoms in total. The number of benzene rings is 1. The molecule has 0 N–H and O–H groups in total. The number of rotatable bonds is 5. The van der Waals surface area contributed by atoms with Crippen molar-refractivity contribution in [1.82, 2.24) is 4.90 Å². The molecule has 3 heteroatoms. The van der Waals surface area contributed by atoms with Crippen molar-refractivity contribution in [3.05, 3.63) is 47.5 Å². The zero-order valence-electron chi connectivity index (χ0n) is 11.6. The molecule has 1 aromatic carbocycles. The summed E-state index contributed by atoms with van der Waals surface area (Å²) in [7, 11) is 4.06. The van der Waals surface area contributed by atoms with Gasteiger partial charge in [-0.05, 0) is 39.1 Å². The van der Waals surface area contributed by atoms with Crippen molar-refractivity contribution in [1.29, 1.82) is 0 Å². The molecule has 0 radical (unpaired) electrons. The summed E-state index contributed by atoms with van der Waals surface area (Å²) in [6.45, 7) is 7.64. The van der Waals surface area contributed by atoms with Crippen LogP contribution in [-0.4, -0.2) is 25.0 Å². The predicted octanol–water partition coefficient (Wildman–Crippen LogP) is 2.93. The van der Waals surface area contributed by atoms with E-state index in [1.807, 2.05) is 32.3 Å². The van der Waals surface area contributed by atoms with E-state index >= 15 is 0 Å². The van der Waals surface area contributed by atoms with Crippen LogP contribution in [0.3, 0.4) is 0 Å². The summed E-state index contributed by atoms with van der Waals surface area (Å²) in [5.74, 6) is -0.345. The van der Waals surface area contributed by atoms with Crippen LogP contribution < -0.4 is 0 Å². The van der Waals surface area contributed by atoms with Crippen LogP contribution in [0.1, 0.15) is 31.0 Å². The Bertz CT molecular complexity index is 438. The van der Waals surface area contributed by atoms with Gasteiger partial charge >= 0.3 is 5.97 Å². The molecule has 0 aromatic heterocycles.